The topological polar surface area (TPSA) is 108 Å². The number of nitrogens with two attached hydrogens (primary N) is 1. The van der Waals surface area contributed by atoms with Crippen LogP contribution in [0.1, 0.15) is 51.0 Å². The predicted molar refractivity (Wildman–Crippen MR) is 85.1 cm³/mol. The van der Waals surface area contributed by atoms with E-state index in [9.17, 15) is 4.79 Å². The molecule has 0 aliphatic carbocycles. The van der Waals surface area contributed by atoms with Crippen molar-refractivity contribution >= 4 is 11.0 Å². The second-order valence-corrected chi connectivity index (χ2v) is 4.96. The fourth-order valence-electron chi connectivity index (χ4n) is 2.05. The Labute approximate surface area is 124 Å². The summed E-state index contributed by atoms with van der Waals surface area (Å²) < 4.78 is 0. The van der Waals surface area contributed by atoms with Crippen LogP contribution in [0.2, 0.25) is 0 Å². The van der Waals surface area contributed by atoms with Gasteiger partial charge in [0.1, 0.15) is 5.52 Å². The number of aromatic amines is 2. The molecule has 0 saturated heterocycles. The van der Waals surface area contributed by atoms with Crippen molar-refractivity contribution in [1.29, 1.82) is 0 Å². The SMILES string of the molecule is CCCCCCCCO.NCc1c[nH]c2c(=O)[nH]cnc12. The van der Waals surface area contributed by atoms with Crippen molar-refractivity contribution in [2.75, 3.05) is 6.61 Å². The molecule has 0 aliphatic heterocycles. The number of nitrogens with zero attached hydrogens (tertiary/aromatic N) is 1. The van der Waals surface area contributed by atoms with Crippen LogP contribution >= 0.6 is 0 Å². The van der Waals surface area contributed by atoms with Gasteiger partial charge >= 0.3 is 0 Å². The molecule has 5 N–H and O–H groups in total. The van der Waals surface area contributed by atoms with E-state index in [-0.39, 0.29) is 5.56 Å². The first-order chi connectivity index (χ1) is 10.2. The highest BCUT2D eigenvalue weighted by molar-refractivity contribution is 5.77. The van der Waals surface area contributed by atoms with E-state index >= 15 is 0 Å². The zero-order valence-electron chi connectivity index (χ0n) is 12.7. The predicted octanol–water partition coefficient (Wildman–Crippen LogP) is 2.05. The lowest BCUT2D eigenvalue weighted by Crippen LogP contribution is -2.06. The summed E-state index contributed by atoms with van der Waals surface area (Å²) in [6.45, 7) is 2.97. The molecule has 0 fully saturated rings. The van der Waals surface area contributed by atoms with Crippen LogP contribution in [0, 0.1) is 0 Å². The van der Waals surface area contributed by atoms with Crippen molar-refractivity contribution in [2.24, 2.45) is 5.73 Å². The number of aliphatic hydroxyl groups excluding tert-OH is 1. The highest BCUT2D eigenvalue weighted by Gasteiger charge is 2.04. The zero-order valence-corrected chi connectivity index (χ0v) is 12.7. The van der Waals surface area contributed by atoms with E-state index in [4.69, 9.17) is 10.8 Å². The van der Waals surface area contributed by atoms with Crippen LogP contribution in [0.5, 0.6) is 0 Å². The van der Waals surface area contributed by atoms with Gasteiger partial charge in [-0.2, -0.15) is 0 Å². The average molecular weight is 294 g/mol. The number of unbranched alkanes of at least 4 members (excludes halogenated alkanes) is 5. The molecule has 0 aliphatic rings. The Kier molecular flexibility index (Phi) is 8.38. The summed E-state index contributed by atoms with van der Waals surface area (Å²) >= 11 is 0. The lowest BCUT2D eigenvalue weighted by Gasteiger charge is -1.95. The molecule has 118 valence electrons. The molecule has 0 bridgehead atoms. The molecular formula is C15H26N4O2. The Balaban J connectivity index is 0.000000222. The fraction of sp³-hybridized carbons (Fsp3) is 0.600. The first kappa shape index (κ1) is 17.4. The van der Waals surface area contributed by atoms with Crippen LogP contribution in [0.15, 0.2) is 17.3 Å². The molecule has 0 atom stereocenters. The second kappa shape index (κ2) is 10.1. The van der Waals surface area contributed by atoms with Crippen LogP contribution in [-0.2, 0) is 6.54 Å². The minimum atomic E-state index is -0.167. The number of aromatic nitrogens is 3. The third-order valence-electron chi connectivity index (χ3n) is 3.28. The molecule has 6 nitrogen and oxygen atoms in total. The van der Waals surface area contributed by atoms with Crippen molar-refractivity contribution in [2.45, 2.75) is 52.0 Å². The van der Waals surface area contributed by atoms with Gasteiger partial charge in [0.25, 0.3) is 5.56 Å². The first-order valence-corrected chi connectivity index (χ1v) is 7.59. The van der Waals surface area contributed by atoms with E-state index in [2.05, 4.69) is 21.9 Å². The highest BCUT2D eigenvalue weighted by atomic mass is 16.2. The highest BCUT2D eigenvalue weighted by Crippen LogP contribution is 2.09. The van der Waals surface area contributed by atoms with Gasteiger partial charge in [0.15, 0.2) is 0 Å². The second-order valence-electron chi connectivity index (χ2n) is 4.96. The Bertz CT molecular complexity index is 556. The van der Waals surface area contributed by atoms with Crippen molar-refractivity contribution in [1.82, 2.24) is 15.0 Å². The summed E-state index contributed by atoms with van der Waals surface area (Å²) in [6.07, 6.45) is 10.6. The average Bonchev–Trinajstić information content (AvgIpc) is 2.92. The molecule has 0 spiro atoms. The summed E-state index contributed by atoms with van der Waals surface area (Å²) in [4.78, 5) is 20.4. The van der Waals surface area contributed by atoms with Gasteiger partial charge in [0.2, 0.25) is 0 Å². The smallest absolute Gasteiger partial charge is 0.275 e. The lowest BCUT2D eigenvalue weighted by atomic mass is 10.1. The van der Waals surface area contributed by atoms with Gasteiger partial charge in [0, 0.05) is 24.9 Å². The zero-order chi connectivity index (χ0) is 15.5. The van der Waals surface area contributed by atoms with Gasteiger partial charge in [-0.05, 0) is 6.42 Å². The Morgan fingerprint density at radius 1 is 1.19 bits per heavy atom. The summed E-state index contributed by atoms with van der Waals surface area (Å²) in [7, 11) is 0. The van der Waals surface area contributed by atoms with Gasteiger partial charge < -0.3 is 20.8 Å². The maximum atomic E-state index is 11.1. The minimum absolute atomic E-state index is 0.167. The molecule has 2 rings (SSSR count). The van der Waals surface area contributed by atoms with Crippen molar-refractivity contribution in [3.63, 3.8) is 0 Å². The largest absolute Gasteiger partial charge is 0.396 e. The molecule has 21 heavy (non-hydrogen) atoms. The van der Waals surface area contributed by atoms with E-state index in [0.717, 1.165) is 12.0 Å². The van der Waals surface area contributed by atoms with Gasteiger partial charge in [-0.15, -0.1) is 0 Å². The number of hydrogen-bond acceptors (Lipinski definition) is 4. The van der Waals surface area contributed by atoms with Crippen LogP contribution in [0.3, 0.4) is 0 Å². The van der Waals surface area contributed by atoms with Crippen LogP contribution in [0.4, 0.5) is 0 Å². The number of H-pyrrole nitrogens is 2. The minimum Gasteiger partial charge on any atom is -0.396 e. The van der Waals surface area contributed by atoms with E-state index in [1.807, 2.05) is 0 Å². The van der Waals surface area contributed by atoms with E-state index in [1.165, 1.54) is 38.4 Å². The normalized spacial score (nSPS) is 10.4. The Hall–Kier alpha value is -1.66. The standard InChI is InChI=1S/C8H18O.C7H8N4O/c1-2-3-4-5-6-7-8-9;8-1-4-2-9-6-5(4)10-3-11-7(6)12/h9H,2-8H2,1H3;2-3,9H,1,8H2,(H,10,11,12). The third-order valence-corrected chi connectivity index (χ3v) is 3.28. The Morgan fingerprint density at radius 2 is 1.90 bits per heavy atom. The monoisotopic (exact) mass is 294 g/mol. The van der Waals surface area contributed by atoms with E-state index < -0.39 is 0 Å². The quantitative estimate of drug-likeness (QED) is 0.586. The van der Waals surface area contributed by atoms with Crippen molar-refractivity contribution < 1.29 is 5.11 Å². The van der Waals surface area contributed by atoms with Crippen LogP contribution < -0.4 is 11.3 Å². The van der Waals surface area contributed by atoms with Gasteiger partial charge in [-0.1, -0.05) is 39.0 Å². The molecule has 2 aromatic rings. The molecule has 0 amide bonds. The van der Waals surface area contributed by atoms with Gasteiger partial charge in [-0.25, -0.2) is 4.98 Å². The fourth-order valence-corrected chi connectivity index (χ4v) is 2.05. The number of fused-ring (bicyclic) bond motifs is 1. The molecule has 2 heterocycles. The summed E-state index contributed by atoms with van der Waals surface area (Å²) in [6, 6.07) is 0. The van der Waals surface area contributed by atoms with Crippen LogP contribution in [0.25, 0.3) is 11.0 Å². The lowest BCUT2D eigenvalue weighted by molar-refractivity contribution is 0.282. The molecule has 0 unspecified atom stereocenters. The third kappa shape index (κ3) is 5.69. The Morgan fingerprint density at radius 3 is 2.57 bits per heavy atom. The number of aliphatic hydroxyl groups is 1. The summed E-state index contributed by atoms with van der Waals surface area (Å²) in [5.74, 6) is 0. The molecule has 6 heteroatoms. The van der Waals surface area contributed by atoms with Gasteiger partial charge in [0.05, 0.1) is 11.8 Å². The maximum absolute atomic E-state index is 11.1. The summed E-state index contributed by atoms with van der Waals surface area (Å²) in [5.41, 5.74) is 7.27. The van der Waals surface area contributed by atoms with Crippen molar-refractivity contribution in [3.8, 4) is 0 Å². The molecule has 0 saturated carbocycles. The number of rotatable bonds is 7. The maximum Gasteiger partial charge on any atom is 0.275 e. The first-order valence-electron chi connectivity index (χ1n) is 7.59. The summed E-state index contributed by atoms with van der Waals surface area (Å²) in [5, 5.41) is 8.42. The molecule has 0 radical (unpaired) electrons. The molecular weight excluding hydrogens is 268 g/mol. The van der Waals surface area contributed by atoms with Gasteiger partial charge in [-0.3, -0.25) is 4.79 Å². The molecule has 0 aromatic carbocycles. The van der Waals surface area contributed by atoms with E-state index in [1.54, 1.807) is 6.20 Å². The number of nitrogens with one attached hydrogen (secondary N) is 2. The number of hydrogen-bond donors (Lipinski definition) is 4. The van der Waals surface area contributed by atoms with Crippen LogP contribution in [-0.4, -0.2) is 26.7 Å². The molecule has 2 aromatic heterocycles. The van der Waals surface area contributed by atoms with E-state index in [0.29, 0.717) is 24.2 Å². The van der Waals surface area contributed by atoms with Crippen molar-refractivity contribution in [3.05, 3.63) is 28.4 Å².